The Morgan fingerprint density at radius 3 is 2.68 bits per heavy atom. The number of aliphatic hydroxyl groups excluding tert-OH is 1. The molecule has 0 spiro atoms. The second-order valence-corrected chi connectivity index (χ2v) is 4.10. The van der Waals surface area contributed by atoms with Crippen LogP contribution in [0.4, 0.5) is 0 Å². The lowest BCUT2D eigenvalue weighted by atomic mass is 10.1. The molecule has 0 saturated carbocycles. The third-order valence-corrected chi connectivity index (χ3v) is 2.70. The van der Waals surface area contributed by atoms with Gasteiger partial charge in [0.05, 0.1) is 23.4 Å². The summed E-state index contributed by atoms with van der Waals surface area (Å²) in [4.78, 5) is 0. The second-order valence-electron chi connectivity index (χ2n) is 4.10. The third-order valence-electron chi connectivity index (χ3n) is 2.70. The Morgan fingerprint density at radius 2 is 2.05 bits per heavy atom. The van der Waals surface area contributed by atoms with Gasteiger partial charge in [0, 0.05) is 19.3 Å². The first-order valence-corrected chi connectivity index (χ1v) is 5.95. The summed E-state index contributed by atoms with van der Waals surface area (Å²) in [6.07, 6.45) is 1.01. The Kier molecular flexibility index (Phi) is 4.56. The number of benzene rings is 1. The fraction of sp³-hybridized carbons (Fsp3) is 0.214. The van der Waals surface area contributed by atoms with Gasteiger partial charge in [0.25, 0.3) is 0 Å². The topological polar surface area (TPSA) is 81.8 Å². The number of hydrogen-bond acceptors (Lipinski definition) is 5. The third kappa shape index (κ3) is 3.85. The van der Waals surface area contributed by atoms with Crippen molar-refractivity contribution < 1.29 is 5.11 Å². The van der Waals surface area contributed by atoms with E-state index >= 15 is 0 Å². The molecule has 0 aliphatic carbocycles. The van der Waals surface area contributed by atoms with Crippen molar-refractivity contribution in [3.05, 3.63) is 59.4 Å². The van der Waals surface area contributed by atoms with Gasteiger partial charge in [-0.1, -0.05) is 12.1 Å². The predicted molar refractivity (Wildman–Crippen MR) is 69.9 cm³/mol. The molecule has 2 N–H and O–H groups in total. The maximum absolute atomic E-state index is 9.98. The summed E-state index contributed by atoms with van der Waals surface area (Å²) in [5.41, 5.74) is 2.20. The van der Waals surface area contributed by atoms with Crippen molar-refractivity contribution in [2.45, 2.75) is 12.6 Å². The van der Waals surface area contributed by atoms with E-state index in [2.05, 4.69) is 15.5 Å². The van der Waals surface area contributed by atoms with Gasteiger partial charge in [-0.3, -0.25) is 0 Å². The fourth-order valence-electron chi connectivity index (χ4n) is 1.66. The monoisotopic (exact) mass is 254 g/mol. The lowest BCUT2D eigenvalue weighted by molar-refractivity contribution is 0.174. The number of hydrogen-bond donors (Lipinski definition) is 2. The van der Waals surface area contributed by atoms with Gasteiger partial charge >= 0.3 is 0 Å². The highest BCUT2D eigenvalue weighted by atomic mass is 16.3. The zero-order valence-corrected chi connectivity index (χ0v) is 10.3. The summed E-state index contributed by atoms with van der Waals surface area (Å²) in [6.45, 7) is 0.976. The molecule has 1 unspecified atom stereocenters. The molecule has 1 heterocycles. The van der Waals surface area contributed by atoms with Crippen LogP contribution in [0.2, 0.25) is 0 Å². The van der Waals surface area contributed by atoms with Crippen molar-refractivity contribution in [1.29, 1.82) is 5.26 Å². The van der Waals surface area contributed by atoms with Crippen LogP contribution >= 0.6 is 0 Å². The Hall–Kier alpha value is -2.29. The second kappa shape index (κ2) is 6.59. The number of nitrogens with zero attached hydrogens (tertiary/aromatic N) is 3. The Labute approximate surface area is 111 Å². The van der Waals surface area contributed by atoms with E-state index in [1.54, 1.807) is 30.5 Å². The van der Waals surface area contributed by atoms with Crippen molar-refractivity contribution in [3.8, 4) is 6.07 Å². The minimum absolute atomic E-state index is 0.419. The zero-order valence-electron chi connectivity index (χ0n) is 10.3. The van der Waals surface area contributed by atoms with Gasteiger partial charge in [-0.05, 0) is 29.8 Å². The van der Waals surface area contributed by atoms with E-state index in [0.717, 1.165) is 11.3 Å². The van der Waals surface area contributed by atoms with Crippen molar-refractivity contribution in [3.63, 3.8) is 0 Å². The van der Waals surface area contributed by atoms with Gasteiger partial charge < -0.3 is 10.4 Å². The van der Waals surface area contributed by atoms with E-state index in [9.17, 15) is 5.11 Å². The Balaban J connectivity index is 1.84. The molecule has 5 heteroatoms. The largest absolute Gasteiger partial charge is 0.387 e. The molecule has 1 atom stereocenters. The van der Waals surface area contributed by atoms with Gasteiger partial charge in [0.1, 0.15) is 0 Å². The first-order valence-electron chi connectivity index (χ1n) is 5.95. The molecule has 0 saturated heterocycles. The molecule has 0 aliphatic heterocycles. The molecule has 0 amide bonds. The number of aromatic nitrogens is 2. The SMILES string of the molecule is N#Cc1ccc(C(O)CNCc2cccnn2)cc1. The molecule has 1 aromatic carbocycles. The number of nitrogens with one attached hydrogen (secondary N) is 1. The number of rotatable bonds is 5. The smallest absolute Gasteiger partial charge is 0.0991 e. The van der Waals surface area contributed by atoms with Crippen molar-refractivity contribution in [1.82, 2.24) is 15.5 Å². The van der Waals surface area contributed by atoms with Gasteiger partial charge in [-0.15, -0.1) is 0 Å². The maximum Gasteiger partial charge on any atom is 0.0991 e. The number of nitriles is 1. The molecule has 0 bridgehead atoms. The van der Waals surface area contributed by atoms with Gasteiger partial charge in [-0.25, -0.2) is 0 Å². The molecule has 1 aromatic heterocycles. The van der Waals surface area contributed by atoms with Crippen LogP contribution in [0.15, 0.2) is 42.6 Å². The van der Waals surface area contributed by atoms with Crippen molar-refractivity contribution in [2.24, 2.45) is 0 Å². The highest BCUT2D eigenvalue weighted by molar-refractivity contribution is 5.32. The fourth-order valence-corrected chi connectivity index (χ4v) is 1.66. The quantitative estimate of drug-likeness (QED) is 0.837. The summed E-state index contributed by atoms with van der Waals surface area (Å²) >= 11 is 0. The van der Waals surface area contributed by atoms with Crippen LogP contribution in [-0.2, 0) is 6.54 Å². The van der Waals surface area contributed by atoms with E-state index in [1.165, 1.54) is 0 Å². The lowest BCUT2D eigenvalue weighted by Gasteiger charge is -2.11. The first kappa shape index (κ1) is 13.1. The molecule has 5 nitrogen and oxygen atoms in total. The maximum atomic E-state index is 9.98. The van der Waals surface area contributed by atoms with Crippen molar-refractivity contribution in [2.75, 3.05) is 6.54 Å². The van der Waals surface area contributed by atoms with Gasteiger partial charge in [-0.2, -0.15) is 15.5 Å². The lowest BCUT2D eigenvalue weighted by Crippen LogP contribution is -2.21. The van der Waals surface area contributed by atoms with Crippen LogP contribution in [0.5, 0.6) is 0 Å². The van der Waals surface area contributed by atoms with E-state index in [1.807, 2.05) is 18.2 Å². The minimum Gasteiger partial charge on any atom is -0.387 e. The van der Waals surface area contributed by atoms with E-state index in [0.29, 0.717) is 18.7 Å². The predicted octanol–water partition coefficient (Wildman–Crippen LogP) is 1.17. The summed E-state index contributed by atoms with van der Waals surface area (Å²) in [7, 11) is 0. The normalized spacial score (nSPS) is 11.8. The molecular weight excluding hydrogens is 240 g/mol. The molecule has 2 aromatic rings. The molecule has 96 valence electrons. The zero-order chi connectivity index (χ0) is 13.5. The first-order chi connectivity index (χ1) is 9.29. The highest BCUT2D eigenvalue weighted by Gasteiger charge is 2.07. The van der Waals surface area contributed by atoms with Gasteiger partial charge in [0.2, 0.25) is 0 Å². The molecule has 0 aliphatic rings. The average Bonchev–Trinajstić information content (AvgIpc) is 2.48. The average molecular weight is 254 g/mol. The standard InChI is InChI=1S/C14H14N4O/c15-8-11-3-5-12(6-4-11)14(19)10-16-9-13-2-1-7-17-18-13/h1-7,14,16,19H,9-10H2. The molecular formula is C14H14N4O. The van der Waals surface area contributed by atoms with E-state index < -0.39 is 6.10 Å². The highest BCUT2D eigenvalue weighted by Crippen LogP contribution is 2.12. The van der Waals surface area contributed by atoms with Crippen LogP contribution in [0.3, 0.4) is 0 Å². The van der Waals surface area contributed by atoms with Crippen LogP contribution in [0, 0.1) is 11.3 Å². The summed E-state index contributed by atoms with van der Waals surface area (Å²) < 4.78 is 0. The molecule has 0 radical (unpaired) electrons. The van der Waals surface area contributed by atoms with Crippen LogP contribution in [0.25, 0.3) is 0 Å². The number of aliphatic hydroxyl groups is 1. The van der Waals surface area contributed by atoms with Crippen LogP contribution in [-0.4, -0.2) is 21.8 Å². The van der Waals surface area contributed by atoms with Gasteiger partial charge in [0.15, 0.2) is 0 Å². The minimum atomic E-state index is -0.607. The molecule has 0 fully saturated rings. The summed E-state index contributed by atoms with van der Waals surface area (Å²) in [5, 5.41) is 29.5. The van der Waals surface area contributed by atoms with Crippen LogP contribution in [0.1, 0.15) is 22.9 Å². The van der Waals surface area contributed by atoms with Crippen molar-refractivity contribution >= 4 is 0 Å². The Bertz CT molecular complexity index is 548. The van der Waals surface area contributed by atoms with E-state index in [4.69, 9.17) is 5.26 Å². The molecule has 19 heavy (non-hydrogen) atoms. The molecule has 2 rings (SSSR count). The van der Waals surface area contributed by atoms with Crippen LogP contribution < -0.4 is 5.32 Å². The summed E-state index contributed by atoms with van der Waals surface area (Å²) in [6, 6.07) is 12.6. The Morgan fingerprint density at radius 1 is 1.26 bits per heavy atom. The summed E-state index contributed by atoms with van der Waals surface area (Å²) in [5.74, 6) is 0. The van der Waals surface area contributed by atoms with E-state index in [-0.39, 0.29) is 0 Å².